The Morgan fingerprint density at radius 2 is 1.92 bits per heavy atom. The molecule has 4 aliphatic rings. The van der Waals surface area contributed by atoms with Crippen molar-refractivity contribution in [1.29, 1.82) is 0 Å². The van der Waals surface area contributed by atoms with Crippen molar-refractivity contribution in [2.24, 2.45) is 11.8 Å². The first-order valence-corrected chi connectivity index (χ1v) is 9.54. The Morgan fingerprint density at radius 1 is 1.24 bits per heavy atom. The molecule has 2 aliphatic heterocycles. The highest BCUT2D eigenvalue weighted by atomic mass is 16.6. The summed E-state index contributed by atoms with van der Waals surface area (Å²) in [5.74, 6) is -0.759. The van der Waals surface area contributed by atoms with E-state index < -0.39 is 22.8 Å². The minimum atomic E-state index is -1.46. The van der Waals surface area contributed by atoms with E-state index in [1.807, 2.05) is 26.8 Å². The SMILES string of the molecule is CC(C)(C)OC(=O)[C@]12O[C@](C)(CCC1=O)[C@H]1C(=C3CCCC3)C=C[C@H]12. The van der Waals surface area contributed by atoms with Gasteiger partial charge < -0.3 is 9.47 Å². The van der Waals surface area contributed by atoms with E-state index in [2.05, 4.69) is 13.0 Å². The summed E-state index contributed by atoms with van der Waals surface area (Å²) in [6.45, 7) is 7.57. The lowest BCUT2D eigenvalue weighted by Crippen LogP contribution is -2.56. The van der Waals surface area contributed by atoms with E-state index in [-0.39, 0.29) is 17.6 Å². The molecule has 0 N–H and O–H groups in total. The molecule has 4 nitrogen and oxygen atoms in total. The highest BCUT2D eigenvalue weighted by molar-refractivity contribution is 6.09. The molecule has 0 amide bonds. The summed E-state index contributed by atoms with van der Waals surface area (Å²) in [5.41, 5.74) is 0.251. The van der Waals surface area contributed by atoms with Crippen molar-refractivity contribution in [3.05, 3.63) is 23.3 Å². The standard InChI is InChI=1S/C21H28O4/c1-19(2,3)24-18(23)21-15-10-9-14(13-7-5-6-8-13)17(15)20(4,25-21)12-11-16(21)22/h9-10,15,17H,5-8,11-12H2,1-4H3/t15-,17+,20-,21-/m1/s1. The highest BCUT2D eigenvalue weighted by Crippen LogP contribution is 2.60. The van der Waals surface area contributed by atoms with Crippen LogP contribution in [-0.2, 0) is 19.1 Å². The molecule has 25 heavy (non-hydrogen) atoms. The number of esters is 1. The number of hydrogen-bond acceptors (Lipinski definition) is 4. The van der Waals surface area contributed by atoms with E-state index in [9.17, 15) is 9.59 Å². The Hall–Kier alpha value is -1.42. The van der Waals surface area contributed by atoms with Gasteiger partial charge in [0.2, 0.25) is 5.60 Å². The number of carbonyl (C=O) groups excluding carboxylic acids is 2. The van der Waals surface area contributed by atoms with Gasteiger partial charge in [-0.1, -0.05) is 17.7 Å². The lowest BCUT2D eigenvalue weighted by Gasteiger charge is -2.38. The number of ketones is 1. The maximum Gasteiger partial charge on any atom is 0.347 e. The predicted molar refractivity (Wildman–Crippen MR) is 93.9 cm³/mol. The van der Waals surface area contributed by atoms with E-state index in [0.29, 0.717) is 12.8 Å². The summed E-state index contributed by atoms with van der Waals surface area (Å²) in [7, 11) is 0. The summed E-state index contributed by atoms with van der Waals surface area (Å²) in [4.78, 5) is 26.0. The number of carbonyl (C=O) groups is 2. The summed E-state index contributed by atoms with van der Waals surface area (Å²) in [6.07, 6.45) is 10.0. The van der Waals surface area contributed by atoms with Crippen molar-refractivity contribution >= 4 is 11.8 Å². The second kappa shape index (κ2) is 5.29. The van der Waals surface area contributed by atoms with Gasteiger partial charge in [-0.3, -0.25) is 4.79 Å². The molecule has 4 heteroatoms. The van der Waals surface area contributed by atoms with Gasteiger partial charge in [-0.2, -0.15) is 0 Å². The van der Waals surface area contributed by atoms with Crippen LogP contribution in [0.1, 0.15) is 66.2 Å². The summed E-state index contributed by atoms with van der Waals surface area (Å²) >= 11 is 0. The van der Waals surface area contributed by atoms with Gasteiger partial charge in [0.25, 0.3) is 0 Å². The quantitative estimate of drug-likeness (QED) is 0.535. The van der Waals surface area contributed by atoms with Crippen LogP contribution in [0.15, 0.2) is 23.3 Å². The van der Waals surface area contributed by atoms with Crippen molar-refractivity contribution in [2.75, 3.05) is 0 Å². The summed E-state index contributed by atoms with van der Waals surface area (Å²) in [6, 6.07) is 0. The van der Waals surface area contributed by atoms with Crippen molar-refractivity contribution in [2.45, 2.75) is 83.0 Å². The van der Waals surface area contributed by atoms with Gasteiger partial charge in [-0.05, 0) is 65.4 Å². The fourth-order valence-corrected chi connectivity index (χ4v) is 5.26. The van der Waals surface area contributed by atoms with E-state index in [1.54, 1.807) is 0 Å². The molecule has 2 bridgehead atoms. The largest absolute Gasteiger partial charge is 0.457 e. The number of ether oxygens (including phenoxy) is 2. The van der Waals surface area contributed by atoms with Crippen LogP contribution in [0.25, 0.3) is 0 Å². The molecule has 4 atom stereocenters. The third-order valence-corrected chi connectivity index (χ3v) is 6.28. The Kier molecular flexibility index (Phi) is 3.60. The zero-order chi connectivity index (χ0) is 18.0. The third-order valence-electron chi connectivity index (χ3n) is 6.28. The molecule has 0 spiro atoms. The minimum absolute atomic E-state index is 0.0968. The maximum absolute atomic E-state index is 13.1. The van der Waals surface area contributed by atoms with Crippen molar-refractivity contribution in [3.63, 3.8) is 0 Å². The molecule has 2 aliphatic carbocycles. The number of hydrogen-bond donors (Lipinski definition) is 0. The lowest BCUT2D eigenvalue weighted by molar-refractivity contribution is -0.201. The molecule has 136 valence electrons. The van der Waals surface area contributed by atoms with Crippen LogP contribution in [0.3, 0.4) is 0 Å². The Bertz CT molecular complexity index is 687. The van der Waals surface area contributed by atoms with E-state index in [4.69, 9.17) is 9.47 Å². The summed E-state index contributed by atoms with van der Waals surface area (Å²) in [5, 5.41) is 0. The average Bonchev–Trinajstić information content (AvgIpc) is 3.19. The van der Waals surface area contributed by atoms with Gasteiger partial charge in [0.15, 0.2) is 5.78 Å². The molecular weight excluding hydrogens is 316 g/mol. The van der Waals surface area contributed by atoms with Crippen LogP contribution in [-0.4, -0.2) is 28.6 Å². The number of Topliss-reactive ketones (excluding diaryl/α,β-unsaturated/α-hetero) is 1. The van der Waals surface area contributed by atoms with Crippen molar-refractivity contribution < 1.29 is 19.1 Å². The minimum Gasteiger partial charge on any atom is -0.457 e. The summed E-state index contributed by atoms with van der Waals surface area (Å²) < 4.78 is 12.0. The van der Waals surface area contributed by atoms with Gasteiger partial charge >= 0.3 is 5.97 Å². The second-order valence-electron chi connectivity index (χ2n) is 9.20. The van der Waals surface area contributed by atoms with Crippen LogP contribution in [0.5, 0.6) is 0 Å². The second-order valence-corrected chi connectivity index (χ2v) is 9.20. The molecule has 4 rings (SSSR count). The molecule has 2 saturated heterocycles. The van der Waals surface area contributed by atoms with Gasteiger partial charge in [-0.25, -0.2) is 4.79 Å². The topological polar surface area (TPSA) is 52.6 Å². The Balaban J connectivity index is 1.79. The first-order valence-electron chi connectivity index (χ1n) is 9.54. The molecule has 0 aromatic carbocycles. The van der Waals surface area contributed by atoms with Gasteiger partial charge in [0, 0.05) is 18.3 Å². The first-order chi connectivity index (χ1) is 11.7. The van der Waals surface area contributed by atoms with E-state index >= 15 is 0 Å². The van der Waals surface area contributed by atoms with Crippen LogP contribution in [0, 0.1) is 11.8 Å². The fourth-order valence-electron chi connectivity index (χ4n) is 5.26. The third kappa shape index (κ3) is 2.37. The molecule has 3 fully saturated rings. The van der Waals surface area contributed by atoms with Crippen LogP contribution < -0.4 is 0 Å². The number of rotatable bonds is 1. The first kappa shape index (κ1) is 17.0. The monoisotopic (exact) mass is 344 g/mol. The van der Waals surface area contributed by atoms with Crippen LogP contribution in [0.4, 0.5) is 0 Å². The maximum atomic E-state index is 13.1. The van der Waals surface area contributed by atoms with Gasteiger partial charge in [0.05, 0.1) is 5.60 Å². The van der Waals surface area contributed by atoms with Crippen molar-refractivity contribution in [1.82, 2.24) is 0 Å². The smallest absolute Gasteiger partial charge is 0.347 e. The normalized spacial score (nSPS) is 39.9. The van der Waals surface area contributed by atoms with Gasteiger partial charge in [-0.15, -0.1) is 0 Å². The number of fused-ring (bicyclic) bond motifs is 5. The zero-order valence-electron chi connectivity index (χ0n) is 15.7. The zero-order valence-corrected chi connectivity index (χ0v) is 15.7. The number of allylic oxidation sites excluding steroid dienone is 2. The highest BCUT2D eigenvalue weighted by Gasteiger charge is 2.71. The fraction of sp³-hybridized carbons (Fsp3) is 0.714. The molecule has 2 heterocycles. The van der Waals surface area contributed by atoms with Crippen LogP contribution in [0.2, 0.25) is 0 Å². The van der Waals surface area contributed by atoms with Crippen LogP contribution >= 0.6 is 0 Å². The predicted octanol–water partition coefficient (Wildman–Crippen LogP) is 3.89. The molecule has 0 aromatic rings. The van der Waals surface area contributed by atoms with Crippen molar-refractivity contribution in [3.8, 4) is 0 Å². The van der Waals surface area contributed by atoms with E-state index in [1.165, 1.54) is 24.0 Å². The molecule has 0 radical (unpaired) electrons. The Labute approximate surface area is 149 Å². The molecule has 0 unspecified atom stereocenters. The Morgan fingerprint density at radius 3 is 2.56 bits per heavy atom. The molecule has 1 saturated carbocycles. The van der Waals surface area contributed by atoms with Gasteiger partial charge in [0.1, 0.15) is 5.60 Å². The lowest BCUT2D eigenvalue weighted by atomic mass is 9.75. The van der Waals surface area contributed by atoms with E-state index in [0.717, 1.165) is 12.8 Å². The molecular formula is C21H28O4. The molecule has 0 aromatic heterocycles. The average molecular weight is 344 g/mol.